The lowest BCUT2D eigenvalue weighted by atomic mass is 9.85. The van der Waals surface area contributed by atoms with Gasteiger partial charge in [-0.15, -0.1) is 0 Å². The summed E-state index contributed by atoms with van der Waals surface area (Å²) in [7, 11) is 0. The summed E-state index contributed by atoms with van der Waals surface area (Å²) in [5.74, 6) is -1.11. The number of carbonyl (C=O) groups excluding carboxylic acids is 1. The number of piperidine rings is 2. The molecule has 4 rings (SSSR count). The molecule has 2 bridgehead atoms. The first-order valence-corrected chi connectivity index (χ1v) is 9.79. The molecule has 0 radical (unpaired) electrons. The highest BCUT2D eigenvalue weighted by Gasteiger charge is 2.35. The molecule has 3 aliphatic rings. The van der Waals surface area contributed by atoms with Crippen LogP contribution in [0.3, 0.4) is 0 Å². The third-order valence-corrected chi connectivity index (χ3v) is 6.25. The van der Waals surface area contributed by atoms with Gasteiger partial charge in [0.15, 0.2) is 11.6 Å². The molecule has 1 aromatic rings. The van der Waals surface area contributed by atoms with Gasteiger partial charge >= 0.3 is 0 Å². The zero-order valence-electron chi connectivity index (χ0n) is 14.9. The maximum atomic E-state index is 13.6. The second-order valence-electron chi connectivity index (χ2n) is 8.13. The van der Waals surface area contributed by atoms with E-state index < -0.39 is 11.6 Å². The van der Waals surface area contributed by atoms with Gasteiger partial charge in [0.2, 0.25) is 5.91 Å². The van der Waals surface area contributed by atoms with Gasteiger partial charge in [-0.2, -0.15) is 0 Å². The Morgan fingerprint density at radius 1 is 1.12 bits per heavy atom. The Kier molecular flexibility index (Phi) is 5.23. The van der Waals surface area contributed by atoms with Gasteiger partial charge in [-0.25, -0.2) is 8.78 Å². The molecule has 0 spiro atoms. The van der Waals surface area contributed by atoms with Crippen LogP contribution in [0.4, 0.5) is 8.78 Å². The van der Waals surface area contributed by atoms with Crippen molar-refractivity contribution in [3.8, 4) is 0 Å². The van der Waals surface area contributed by atoms with Gasteiger partial charge in [0, 0.05) is 37.0 Å². The third-order valence-electron chi connectivity index (χ3n) is 6.25. The van der Waals surface area contributed by atoms with Crippen LogP contribution in [0, 0.1) is 17.6 Å². The van der Waals surface area contributed by atoms with Crippen LogP contribution in [0.25, 0.3) is 0 Å². The van der Waals surface area contributed by atoms with E-state index in [0.29, 0.717) is 31.0 Å². The van der Waals surface area contributed by atoms with Crippen molar-refractivity contribution in [1.29, 1.82) is 0 Å². The molecule has 0 saturated carbocycles. The number of amides is 1. The minimum atomic E-state index is -0.830. The Balaban J connectivity index is 1.38. The van der Waals surface area contributed by atoms with Crippen molar-refractivity contribution >= 4 is 5.91 Å². The Hall–Kier alpha value is -1.53. The van der Waals surface area contributed by atoms with Gasteiger partial charge in [-0.05, 0) is 62.3 Å². The molecule has 26 heavy (non-hydrogen) atoms. The molecule has 4 unspecified atom stereocenters. The maximum absolute atomic E-state index is 13.6. The third kappa shape index (κ3) is 3.91. The van der Waals surface area contributed by atoms with Crippen LogP contribution in [-0.2, 0) is 4.79 Å². The van der Waals surface area contributed by atoms with E-state index in [9.17, 15) is 13.6 Å². The first kappa shape index (κ1) is 17.9. The van der Waals surface area contributed by atoms with Crippen LogP contribution in [0.2, 0.25) is 0 Å². The lowest BCUT2D eigenvalue weighted by Crippen LogP contribution is -2.50. The van der Waals surface area contributed by atoms with Crippen molar-refractivity contribution in [3.63, 3.8) is 0 Å². The highest BCUT2D eigenvalue weighted by atomic mass is 19.2. The normalized spacial score (nSPS) is 33.8. The van der Waals surface area contributed by atoms with Crippen LogP contribution in [0.1, 0.15) is 50.0 Å². The lowest BCUT2D eigenvalue weighted by molar-refractivity contribution is -0.123. The monoisotopic (exact) mass is 363 g/mol. The van der Waals surface area contributed by atoms with Crippen LogP contribution >= 0.6 is 0 Å². The number of benzene rings is 1. The first-order valence-electron chi connectivity index (χ1n) is 9.79. The fourth-order valence-corrected chi connectivity index (χ4v) is 5.02. The molecule has 0 aliphatic carbocycles. The van der Waals surface area contributed by atoms with E-state index in [-0.39, 0.29) is 17.9 Å². The average molecular weight is 363 g/mol. The van der Waals surface area contributed by atoms with E-state index in [0.717, 1.165) is 31.4 Å². The van der Waals surface area contributed by atoms with E-state index >= 15 is 0 Å². The zero-order chi connectivity index (χ0) is 18.1. The average Bonchev–Trinajstić information content (AvgIpc) is 2.96. The van der Waals surface area contributed by atoms with Crippen LogP contribution < -0.4 is 16.0 Å². The number of fused-ring (bicyclic) bond motifs is 2. The SMILES string of the molecule is O=C(CC1CC2CCC(C1)N2)NC1CNCCC1c1ccc(F)c(F)c1. The predicted octanol–water partition coefficient (Wildman–Crippen LogP) is 2.45. The van der Waals surface area contributed by atoms with Gasteiger partial charge in [0.05, 0.1) is 0 Å². The molecule has 1 aromatic carbocycles. The standard InChI is InChI=1S/C20H27F2N3O/c21-17-4-1-13(10-18(17)22)16-5-6-23-11-19(16)25-20(26)9-12-7-14-2-3-15(8-12)24-14/h1,4,10,12,14-16,19,23-24H,2-3,5-9,11H2,(H,25,26). The van der Waals surface area contributed by atoms with Gasteiger partial charge < -0.3 is 16.0 Å². The number of nitrogens with one attached hydrogen (secondary N) is 3. The van der Waals surface area contributed by atoms with Crippen LogP contribution in [0.15, 0.2) is 18.2 Å². The van der Waals surface area contributed by atoms with Gasteiger partial charge in [0.1, 0.15) is 0 Å². The van der Waals surface area contributed by atoms with E-state index in [1.165, 1.54) is 25.0 Å². The van der Waals surface area contributed by atoms with Crippen molar-refractivity contribution in [3.05, 3.63) is 35.4 Å². The number of hydrogen-bond acceptors (Lipinski definition) is 3. The number of hydrogen-bond donors (Lipinski definition) is 3. The highest BCUT2D eigenvalue weighted by molar-refractivity contribution is 5.76. The molecule has 3 N–H and O–H groups in total. The largest absolute Gasteiger partial charge is 0.351 e. The number of halogens is 2. The Morgan fingerprint density at radius 2 is 1.88 bits per heavy atom. The predicted molar refractivity (Wildman–Crippen MR) is 95.8 cm³/mol. The number of carbonyl (C=O) groups is 1. The topological polar surface area (TPSA) is 53.2 Å². The minimum Gasteiger partial charge on any atom is -0.351 e. The summed E-state index contributed by atoms with van der Waals surface area (Å²) >= 11 is 0. The molecule has 3 aliphatic heterocycles. The molecule has 6 heteroatoms. The van der Waals surface area contributed by atoms with Crippen LogP contribution in [0.5, 0.6) is 0 Å². The van der Waals surface area contributed by atoms with Crippen molar-refractivity contribution in [1.82, 2.24) is 16.0 Å². The Labute approximate surface area is 153 Å². The van der Waals surface area contributed by atoms with E-state index in [1.807, 2.05) is 0 Å². The van der Waals surface area contributed by atoms with Gasteiger partial charge in [-0.1, -0.05) is 6.07 Å². The molecule has 1 amide bonds. The lowest BCUT2D eigenvalue weighted by Gasteiger charge is -2.34. The quantitative estimate of drug-likeness (QED) is 0.770. The fraction of sp³-hybridized carbons (Fsp3) is 0.650. The zero-order valence-corrected chi connectivity index (χ0v) is 14.9. The molecule has 4 atom stereocenters. The van der Waals surface area contributed by atoms with Crippen molar-refractivity contribution in [2.45, 2.75) is 62.6 Å². The van der Waals surface area contributed by atoms with E-state index in [4.69, 9.17) is 0 Å². The minimum absolute atomic E-state index is 0.0134. The summed E-state index contributed by atoms with van der Waals surface area (Å²) in [4.78, 5) is 12.6. The molecular formula is C20H27F2N3O. The summed E-state index contributed by atoms with van der Waals surface area (Å²) in [6.07, 6.45) is 5.99. The molecule has 4 nitrogen and oxygen atoms in total. The van der Waals surface area contributed by atoms with Gasteiger partial charge in [-0.3, -0.25) is 4.79 Å². The second kappa shape index (κ2) is 7.61. The molecule has 142 valence electrons. The van der Waals surface area contributed by atoms with Crippen molar-refractivity contribution in [2.75, 3.05) is 13.1 Å². The van der Waals surface area contributed by atoms with Crippen molar-refractivity contribution < 1.29 is 13.6 Å². The molecule has 0 aromatic heterocycles. The van der Waals surface area contributed by atoms with Gasteiger partial charge in [0.25, 0.3) is 0 Å². The fourth-order valence-electron chi connectivity index (χ4n) is 5.02. The summed E-state index contributed by atoms with van der Waals surface area (Å²) in [6.45, 7) is 1.47. The molecule has 3 heterocycles. The summed E-state index contributed by atoms with van der Waals surface area (Å²) < 4.78 is 26.9. The number of rotatable bonds is 4. The Morgan fingerprint density at radius 3 is 2.62 bits per heavy atom. The first-order chi connectivity index (χ1) is 12.6. The summed E-state index contributed by atoms with van der Waals surface area (Å²) in [5.41, 5.74) is 0.760. The van der Waals surface area contributed by atoms with E-state index in [2.05, 4.69) is 16.0 Å². The van der Waals surface area contributed by atoms with Crippen molar-refractivity contribution in [2.24, 2.45) is 5.92 Å². The smallest absolute Gasteiger partial charge is 0.220 e. The maximum Gasteiger partial charge on any atom is 0.220 e. The molecular weight excluding hydrogens is 336 g/mol. The van der Waals surface area contributed by atoms with Crippen LogP contribution in [-0.4, -0.2) is 37.1 Å². The highest BCUT2D eigenvalue weighted by Crippen LogP contribution is 2.33. The summed E-state index contributed by atoms with van der Waals surface area (Å²) in [6, 6.07) is 5.17. The molecule has 3 saturated heterocycles. The second-order valence-corrected chi connectivity index (χ2v) is 8.13. The molecule has 3 fully saturated rings. The Bertz CT molecular complexity index is 656. The summed E-state index contributed by atoms with van der Waals surface area (Å²) in [5, 5.41) is 10.1. The van der Waals surface area contributed by atoms with E-state index in [1.54, 1.807) is 6.07 Å².